The maximum absolute atomic E-state index is 13.1. The molecule has 2 saturated heterocycles. The van der Waals surface area contributed by atoms with Crippen LogP contribution in [0.25, 0.3) is 0 Å². The van der Waals surface area contributed by atoms with Crippen molar-refractivity contribution in [2.24, 2.45) is 17.6 Å². The molecule has 2 heterocycles. The van der Waals surface area contributed by atoms with E-state index in [2.05, 4.69) is 10.2 Å². The van der Waals surface area contributed by atoms with Gasteiger partial charge >= 0.3 is 0 Å². The highest BCUT2D eigenvalue weighted by Gasteiger charge is 2.44. The minimum atomic E-state index is -0.320. The lowest BCUT2D eigenvalue weighted by Gasteiger charge is -2.29. The molecule has 4 rings (SSSR count). The van der Waals surface area contributed by atoms with Crippen LogP contribution in [-0.2, 0) is 4.79 Å². The second kappa shape index (κ2) is 8.89. The molecule has 3 N–H and O–H groups in total. The predicted octanol–water partition coefficient (Wildman–Crippen LogP) is 3.31. The molecule has 2 aromatic carbocycles. The van der Waals surface area contributed by atoms with Crippen LogP contribution in [0.2, 0.25) is 5.02 Å². The van der Waals surface area contributed by atoms with Crippen molar-refractivity contribution in [2.45, 2.75) is 19.4 Å². The number of nitrogens with one attached hydrogen (secondary N) is 1. The highest BCUT2D eigenvalue weighted by atomic mass is 35.5. The molecule has 0 bridgehead atoms. The van der Waals surface area contributed by atoms with E-state index in [4.69, 9.17) is 17.3 Å². The molecule has 0 spiro atoms. The summed E-state index contributed by atoms with van der Waals surface area (Å²) in [7, 11) is 1.83. The Morgan fingerprint density at radius 1 is 1.13 bits per heavy atom. The number of benzene rings is 2. The lowest BCUT2D eigenvalue weighted by molar-refractivity contribution is -0.119. The summed E-state index contributed by atoms with van der Waals surface area (Å²) in [6.07, 6.45) is 0.261. The first kappa shape index (κ1) is 21.7. The third kappa shape index (κ3) is 4.41. The molecule has 2 fully saturated rings. The van der Waals surface area contributed by atoms with Crippen LogP contribution in [-0.4, -0.2) is 54.8 Å². The van der Waals surface area contributed by atoms with Crippen molar-refractivity contribution < 1.29 is 9.59 Å². The average molecular weight is 441 g/mol. The number of aryl methyl sites for hydroxylation is 1. The predicted molar refractivity (Wildman–Crippen MR) is 123 cm³/mol. The van der Waals surface area contributed by atoms with Crippen LogP contribution in [0.1, 0.15) is 33.9 Å². The van der Waals surface area contributed by atoms with Gasteiger partial charge < -0.3 is 16.0 Å². The van der Waals surface area contributed by atoms with E-state index in [9.17, 15) is 9.59 Å². The van der Waals surface area contributed by atoms with Crippen LogP contribution < -0.4 is 11.1 Å². The van der Waals surface area contributed by atoms with Gasteiger partial charge in [0.05, 0.1) is 5.56 Å². The summed E-state index contributed by atoms with van der Waals surface area (Å²) in [5.74, 6) is 0.535. The molecule has 0 radical (unpaired) electrons. The average Bonchev–Trinajstić information content (AvgIpc) is 3.32. The summed E-state index contributed by atoms with van der Waals surface area (Å²) in [4.78, 5) is 29.2. The number of fused-ring (bicyclic) bond motifs is 1. The summed E-state index contributed by atoms with van der Waals surface area (Å²) in [6.45, 7) is 5.11. The van der Waals surface area contributed by atoms with Crippen molar-refractivity contribution in [2.75, 3.05) is 38.5 Å². The fourth-order valence-corrected chi connectivity index (χ4v) is 5.16. The van der Waals surface area contributed by atoms with Crippen molar-refractivity contribution in [1.82, 2.24) is 9.80 Å². The van der Waals surface area contributed by atoms with Gasteiger partial charge in [-0.15, -0.1) is 0 Å². The lowest BCUT2D eigenvalue weighted by Crippen LogP contribution is -2.36. The van der Waals surface area contributed by atoms with E-state index in [1.807, 2.05) is 61.3 Å². The van der Waals surface area contributed by atoms with E-state index in [0.29, 0.717) is 22.4 Å². The molecule has 2 aliphatic rings. The first-order valence-electron chi connectivity index (χ1n) is 10.7. The van der Waals surface area contributed by atoms with Gasteiger partial charge in [0.1, 0.15) is 0 Å². The summed E-state index contributed by atoms with van der Waals surface area (Å²) in [6, 6.07) is 13.5. The highest BCUT2D eigenvalue weighted by Crippen LogP contribution is 2.38. The van der Waals surface area contributed by atoms with Crippen LogP contribution in [0.15, 0.2) is 42.5 Å². The quantitative estimate of drug-likeness (QED) is 0.722. The SMILES string of the molecule is CNc1ccccc1C(=O)N1CC2CN(C(CC(N)=O)c3ccc(C)c(Cl)c3)CC2C1. The summed E-state index contributed by atoms with van der Waals surface area (Å²) in [5.41, 5.74) is 9.17. The maximum Gasteiger partial charge on any atom is 0.255 e. The van der Waals surface area contributed by atoms with E-state index in [1.165, 1.54) is 0 Å². The van der Waals surface area contributed by atoms with Gasteiger partial charge in [-0.1, -0.05) is 35.9 Å². The molecule has 31 heavy (non-hydrogen) atoms. The number of hydrogen-bond acceptors (Lipinski definition) is 4. The van der Waals surface area contributed by atoms with Crippen LogP contribution in [0, 0.1) is 18.8 Å². The van der Waals surface area contributed by atoms with Crippen molar-refractivity contribution >= 4 is 29.1 Å². The maximum atomic E-state index is 13.1. The molecule has 2 amide bonds. The Bertz CT molecular complexity index is 981. The van der Waals surface area contributed by atoms with Gasteiger partial charge in [0.25, 0.3) is 5.91 Å². The molecule has 0 aromatic heterocycles. The minimum Gasteiger partial charge on any atom is -0.387 e. The fourth-order valence-electron chi connectivity index (χ4n) is 4.97. The monoisotopic (exact) mass is 440 g/mol. The molecule has 2 aromatic rings. The number of anilines is 1. The van der Waals surface area contributed by atoms with Gasteiger partial charge in [-0.3, -0.25) is 14.5 Å². The number of nitrogens with zero attached hydrogens (tertiary/aromatic N) is 2. The third-order valence-electron chi connectivity index (χ3n) is 6.64. The number of para-hydroxylation sites is 1. The Labute approximate surface area is 188 Å². The number of primary amides is 1. The van der Waals surface area contributed by atoms with E-state index < -0.39 is 0 Å². The Morgan fingerprint density at radius 3 is 2.42 bits per heavy atom. The number of rotatable bonds is 6. The van der Waals surface area contributed by atoms with Gasteiger partial charge in [0.15, 0.2) is 0 Å². The minimum absolute atomic E-state index is 0.0740. The molecule has 2 aliphatic heterocycles. The zero-order chi connectivity index (χ0) is 22.1. The number of carbonyl (C=O) groups is 2. The van der Waals surface area contributed by atoms with Crippen molar-refractivity contribution in [3.63, 3.8) is 0 Å². The first-order chi connectivity index (χ1) is 14.9. The van der Waals surface area contributed by atoms with Gasteiger partial charge in [-0.25, -0.2) is 0 Å². The highest BCUT2D eigenvalue weighted by molar-refractivity contribution is 6.31. The fraction of sp³-hybridized carbons (Fsp3) is 0.417. The Hall–Kier alpha value is -2.57. The number of carbonyl (C=O) groups excluding carboxylic acids is 2. The summed E-state index contributed by atoms with van der Waals surface area (Å²) >= 11 is 6.35. The van der Waals surface area contributed by atoms with Crippen LogP contribution in [0.5, 0.6) is 0 Å². The zero-order valence-electron chi connectivity index (χ0n) is 18.0. The number of hydrogen-bond donors (Lipinski definition) is 2. The van der Waals surface area contributed by atoms with E-state index in [0.717, 1.165) is 43.0 Å². The molecule has 0 saturated carbocycles. The molecule has 6 nitrogen and oxygen atoms in total. The summed E-state index contributed by atoms with van der Waals surface area (Å²) < 4.78 is 0. The first-order valence-corrected chi connectivity index (χ1v) is 11.1. The van der Waals surface area contributed by atoms with Gasteiger partial charge in [-0.2, -0.15) is 0 Å². The van der Waals surface area contributed by atoms with E-state index in [1.54, 1.807) is 0 Å². The molecule has 3 unspecified atom stereocenters. The normalized spacial score (nSPS) is 21.7. The second-order valence-corrected chi connectivity index (χ2v) is 9.08. The Morgan fingerprint density at radius 2 is 1.81 bits per heavy atom. The van der Waals surface area contributed by atoms with Crippen LogP contribution in [0.4, 0.5) is 5.69 Å². The van der Waals surface area contributed by atoms with E-state index >= 15 is 0 Å². The van der Waals surface area contributed by atoms with Crippen molar-refractivity contribution in [1.29, 1.82) is 0 Å². The molecule has 164 valence electrons. The van der Waals surface area contributed by atoms with Crippen LogP contribution >= 0.6 is 11.6 Å². The molecular formula is C24H29ClN4O2. The number of amides is 2. The topological polar surface area (TPSA) is 78.7 Å². The van der Waals surface area contributed by atoms with Gasteiger partial charge in [0.2, 0.25) is 5.91 Å². The number of likely N-dealkylation sites (tertiary alicyclic amines) is 2. The Kier molecular flexibility index (Phi) is 6.21. The summed E-state index contributed by atoms with van der Waals surface area (Å²) in [5, 5.41) is 3.81. The van der Waals surface area contributed by atoms with Crippen LogP contribution in [0.3, 0.4) is 0 Å². The number of nitrogens with two attached hydrogens (primary N) is 1. The standard InChI is InChI=1S/C24H29ClN4O2/c1-15-7-8-16(9-20(15)25)22(10-23(26)30)28-11-17-13-29(14-18(17)12-28)24(31)19-5-3-4-6-21(19)27-2/h3-9,17-18,22,27H,10-14H2,1-2H3,(H2,26,30). The van der Waals surface area contributed by atoms with E-state index in [-0.39, 0.29) is 24.3 Å². The third-order valence-corrected chi connectivity index (χ3v) is 7.05. The number of halogens is 1. The molecule has 3 atom stereocenters. The van der Waals surface area contributed by atoms with Gasteiger partial charge in [-0.05, 0) is 48.1 Å². The van der Waals surface area contributed by atoms with Gasteiger partial charge in [0, 0.05) is 56.4 Å². The molecule has 0 aliphatic carbocycles. The second-order valence-electron chi connectivity index (χ2n) is 8.67. The van der Waals surface area contributed by atoms with Crippen molar-refractivity contribution in [3.05, 3.63) is 64.2 Å². The van der Waals surface area contributed by atoms with Crippen molar-refractivity contribution in [3.8, 4) is 0 Å². The zero-order valence-corrected chi connectivity index (χ0v) is 18.7. The smallest absolute Gasteiger partial charge is 0.255 e. The Balaban J connectivity index is 1.47. The molecular weight excluding hydrogens is 412 g/mol. The molecule has 7 heteroatoms. The lowest BCUT2D eigenvalue weighted by atomic mass is 10.0. The largest absolute Gasteiger partial charge is 0.387 e.